The third kappa shape index (κ3) is 2.69. The van der Waals surface area contributed by atoms with Crippen LogP contribution in [0.15, 0.2) is 27.6 Å². The van der Waals surface area contributed by atoms with Gasteiger partial charge < -0.3 is 10.2 Å². The summed E-state index contributed by atoms with van der Waals surface area (Å²) in [4.78, 5) is 21.2. The van der Waals surface area contributed by atoms with E-state index in [0.29, 0.717) is 30.1 Å². The number of nitrogens with two attached hydrogens (primary N) is 1. The maximum Gasteiger partial charge on any atom is 0.245 e. The van der Waals surface area contributed by atoms with Crippen LogP contribution in [0.5, 0.6) is 0 Å². The predicted molar refractivity (Wildman–Crippen MR) is 108 cm³/mol. The Morgan fingerprint density at radius 1 is 1.33 bits per heavy atom. The van der Waals surface area contributed by atoms with Gasteiger partial charge in [-0.3, -0.25) is 4.79 Å². The molecule has 2 N–H and O–H groups in total. The molecule has 1 saturated carbocycles. The molecular formula is C20H23FN4O4S. The lowest BCUT2D eigenvalue weighted by Crippen LogP contribution is -2.58. The second-order valence-corrected chi connectivity index (χ2v) is 10.3. The lowest BCUT2D eigenvalue weighted by atomic mass is 9.85. The number of benzene rings is 1. The number of hydrogen-bond acceptors (Lipinski definition) is 7. The Kier molecular flexibility index (Phi) is 4.36. The largest absolute Gasteiger partial charge is 0.446 e. The molecule has 1 atom stereocenters. The summed E-state index contributed by atoms with van der Waals surface area (Å²) in [7, 11) is -2.46. The van der Waals surface area contributed by atoms with Crippen LogP contribution in [0.3, 0.4) is 0 Å². The van der Waals surface area contributed by atoms with Gasteiger partial charge in [0.25, 0.3) is 0 Å². The number of aromatic nitrogens is 1. The average molecular weight is 434 g/mol. The average Bonchev–Trinajstić information content (AvgIpc) is 3.42. The van der Waals surface area contributed by atoms with Crippen LogP contribution in [0.4, 0.5) is 4.39 Å². The summed E-state index contributed by atoms with van der Waals surface area (Å²) in [6.07, 6.45) is 0.676. The van der Waals surface area contributed by atoms with Crippen LogP contribution in [0.25, 0.3) is 0 Å². The van der Waals surface area contributed by atoms with Gasteiger partial charge in [-0.05, 0) is 44.4 Å². The smallest absolute Gasteiger partial charge is 0.245 e. The van der Waals surface area contributed by atoms with Gasteiger partial charge in [0.2, 0.25) is 16.0 Å². The van der Waals surface area contributed by atoms with Crippen molar-refractivity contribution in [2.45, 2.75) is 50.3 Å². The number of Topliss-reactive ketones (excluding diaryl/α,β-unsaturated/α-hetero) is 1. The van der Waals surface area contributed by atoms with Gasteiger partial charge in [0.1, 0.15) is 27.6 Å². The predicted octanol–water partition coefficient (Wildman–Crippen LogP) is 2.19. The second kappa shape index (κ2) is 6.37. The Hall–Kier alpha value is -2.75. The Bertz CT molecular complexity index is 1200. The van der Waals surface area contributed by atoms with Crippen molar-refractivity contribution < 1.29 is 22.0 Å². The summed E-state index contributed by atoms with van der Waals surface area (Å²) in [5, 5.41) is 0. The highest BCUT2D eigenvalue weighted by Crippen LogP contribution is 2.60. The highest BCUT2D eigenvalue weighted by molar-refractivity contribution is 7.91. The molecule has 1 spiro atoms. The minimum absolute atomic E-state index is 0.0327. The first-order valence-corrected chi connectivity index (χ1v) is 11.0. The fourth-order valence-corrected chi connectivity index (χ4v) is 6.40. The summed E-state index contributed by atoms with van der Waals surface area (Å²) in [5.41, 5.74) is 5.35. The number of nitrogens with zero attached hydrogens (tertiary/aromatic N) is 3. The van der Waals surface area contributed by atoms with Crippen LogP contribution >= 0.6 is 0 Å². The number of halogens is 1. The summed E-state index contributed by atoms with van der Waals surface area (Å²) in [6, 6.07) is 4.24. The van der Waals surface area contributed by atoms with Crippen molar-refractivity contribution in [3.8, 4) is 0 Å². The first-order valence-electron chi connectivity index (χ1n) is 9.53. The van der Waals surface area contributed by atoms with Gasteiger partial charge in [0, 0.05) is 26.0 Å². The molecule has 8 nitrogen and oxygen atoms in total. The quantitative estimate of drug-likeness (QED) is 0.737. The number of hydrogen-bond donors (Lipinski definition) is 1. The van der Waals surface area contributed by atoms with E-state index in [2.05, 4.69) is 9.98 Å². The van der Waals surface area contributed by atoms with Crippen LogP contribution in [-0.4, -0.2) is 41.2 Å². The molecular weight excluding hydrogens is 411 g/mol. The number of rotatable bonds is 4. The normalized spacial score (nSPS) is 24.0. The summed E-state index contributed by atoms with van der Waals surface area (Å²) in [5.74, 6) is -0.246. The number of aryl methyl sites for hydroxylation is 2. The summed E-state index contributed by atoms with van der Waals surface area (Å²) in [6.45, 7) is 4.90. The van der Waals surface area contributed by atoms with E-state index in [1.54, 1.807) is 20.8 Å². The standard InChI is InChI=1S/C20H23FN4O4S/c1-11-17(23-12(2)29-11)16(26)10-13-5-6-15(21)14(9-13)19(3)20(7-8-20)30(27,28)25(4)18(22)24-19/h5-6,9H,7-8,10H2,1-4H3,(H2,22,24)/t19-/m1/s1. The first-order chi connectivity index (χ1) is 13.9. The van der Waals surface area contributed by atoms with Crippen molar-refractivity contribution in [2.75, 3.05) is 7.05 Å². The Labute approximate surface area is 174 Å². The molecule has 2 aliphatic rings. The molecule has 1 fully saturated rings. The number of guanidine groups is 1. The van der Waals surface area contributed by atoms with Crippen LogP contribution in [-0.2, 0) is 22.0 Å². The van der Waals surface area contributed by atoms with Gasteiger partial charge >= 0.3 is 0 Å². The first kappa shape index (κ1) is 20.5. The molecule has 0 amide bonds. The third-order valence-corrected chi connectivity index (χ3v) is 8.90. The lowest BCUT2D eigenvalue weighted by Gasteiger charge is -2.42. The number of carbonyl (C=O) groups excluding carboxylic acids is 1. The summed E-state index contributed by atoms with van der Waals surface area (Å²) >= 11 is 0. The summed E-state index contributed by atoms with van der Waals surface area (Å²) < 4.78 is 46.1. The van der Waals surface area contributed by atoms with Gasteiger partial charge in [-0.15, -0.1) is 0 Å². The molecule has 4 rings (SSSR count). The van der Waals surface area contributed by atoms with Crippen LogP contribution in [0.2, 0.25) is 0 Å². The van der Waals surface area contributed by atoms with E-state index in [1.807, 2.05) is 0 Å². The zero-order chi connectivity index (χ0) is 22.1. The van der Waals surface area contributed by atoms with Gasteiger partial charge in [-0.1, -0.05) is 6.07 Å². The van der Waals surface area contributed by atoms with E-state index in [0.717, 1.165) is 4.31 Å². The van der Waals surface area contributed by atoms with Crippen molar-refractivity contribution >= 4 is 21.8 Å². The third-order valence-electron chi connectivity index (χ3n) is 6.19. The van der Waals surface area contributed by atoms with E-state index in [1.165, 1.54) is 25.2 Å². The Morgan fingerprint density at radius 2 is 2.00 bits per heavy atom. The minimum atomic E-state index is -3.81. The zero-order valence-corrected chi connectivity index (χ0v) is 18.0. The Balaban J connectivity index is 1.77. The second-order valence-electron chi connectivity index (χ2n) is 8.06. The fraction of sp³-hybridized carbons (Fsp3) is 0.450. The molecule has 0 unspecified atom stereocenters. The number of aliphatic imine (C=N–C) groups is 1. The number of ketones is 1. The monoisotopic (exact) mass is 434 g/mol. The molecule has 10 heteroatoms. The Morgan fingerprint density at radius 3 is 2.57 bits per heavy atom. The molecule has 0 radical (unpaired) electrons. The van der Waals surface area contributed by atoms with Crippen molar-refractivity contribution in [2.24, 2.45) is 10.7 Å². The number of oxazole rings is 1. The van der Waals surface area contributed by atoms with Crippen LogP contribution < -0.4 is 5.73 Å². The van der Waals surface area contributed by atoms with Gasteiger partial charge in [0.05, 0.1) is 0 Å². The van der Waals surface area contributed by atoms with Crippen molar-refractivity contribution in [1.82, 2.24) is 9.29 Å². The molecule has 2 heterocycles. The maximum atomic E-state index is 14.9. The van der Waals surface area contributed by atoms with E-state index < -0.39 is 26.1 Å². The highest BCUT2D eigenvalue weighted by Gasteiger charge is 2.70. The number of sulfonamides is 1. The van der Waals surface area contributed by atoms with Crippen LogP contribution in [0, 0.1) is 19.7 Å². The molecule has 1 aliphatic heterocycles. The van der Waals surface area contributed by atoms with Crippen molar-refractivity contribution in [3.05, 3.63) is 52.5 Å². The minimum Gasteiger partial charge on any atom is -0.446 e. The lowest BCUT2D eigenvalue weighted by molar-refractivity contribution is 0.0987. The van der Waals surface area contributed by atoms with Gasteiger partial charge in [0.15, 0.2) is 11.7 Å². The van der Waals surface area contributed by atoms with Crippen molar-refractivity contribution in [3.63, 3.8) is 0 Å². The van der Waals surface area contributed by atoms with E-state index >= 15 is 0 Å². The molecule has 1 aromatic carbocycles. The SMILES string of the molecule is Cc1nc(C(=O)Cc2ccc(F)c([C@@]3(C)N=C(N)N(C)S(=O)(=O)C34CC4)c2)c(C)o1. The van der Waals surface area contributed by atoms with Gasteiger partial charge in [-0.2, -0.15) is 0 Å². The molecule has 30 heavy (non-hydrogen) atoms. The fourth-order valence-electron chi connectivity index (χ4n) is 4.31. The maximum absolute atomic E-state index is 14.9. The molecule has 1 aliphatic carbocycles. The van der Waals surface area contributed by atoms with E-state index in [4.69, 9.17) is 10.2 Å². The molecule has 0 bridgehead atoms. The molecule has 2 aromatic rings. The van der Waals surface area contributed by atoms with E-state index in [9.17, 15) is 17.6 Å². The van der Waals surface area contributed by atoms with E-state index in [-0.39, 0.29) is 29.4 Å². The topological polar surface area (TPSA) is 119 Å². The highest BCUT2D eigenvalue weighted by atomic mass is 32.2. The molecule has 160 valence electrons. The molecule has 0 saturated heterocycles. The van der Waals surface area contributed by atoms with Crippen LogP contribution in [0.1, 0.15) is 53.0 Å². The van der Waals surface area contributed by atoms with Crippen molar-refractivity contribution in [1.29, 1.82) is 0 Å². The molecule has 1 aromatic heterocycles. The zero-order valence-electron chi connectivity index (χ0n) is 17.2. The van der Waals surface area contributed by atoms with Gasteiger partial charge in [-0.25, -0.2) is 27.1 Å². The number of carbonyl (C=O) groups is 1.